The Labute approximate surface area is 104 Å². The molecule has 1 unspecified atom stereocenters. The lowest BCUT2D eigenvalue weighted by Crippen LogP contribution is -2.38. The van der Waals surface area contributed by atoms with Crippen LogP contribution >= 0.6 is 11.8 Å². The van der Waals surface area contributed by atoms with E-state index in [4.69, 9.17) is 0 Å². The fourth-order valence-corrected chi connectivity index (χ4v) is 2.58. The maximum Gasteiger partial charge on any atom is 0.288 e. The van der Waals surface area contributed by atoms with Gasteiger partial charge in [0.2, 0.25) is 0 Å². The molecule has 1 heterocycles. The highest BCUT2D eigenvalue weighted by molar-refractivity contribution is 7.99. The van der Waals surface area contributed by atoms with Crippen molar-refractivity contribution >= 4 is 17.4 Å². The van der Waals surface area contributed by atoms with E-state index in [0.29, 0.717) is 22.7 Å². The zero-order chi connectivity index (χ0) is 12.1. The molecular weight excluding hydrogens is 242 g/mol. The summed E-state index contributed by atoms with van der Waals surface area (Å²) in [5.41, 5.74) is 0.812. The van der Waals surface area contributed by atoms with E-state index in [1.807, 2.05) is 12.1 Å². The smallest absolute Gasteiger partial charge is 0.288 e. The number of halogens is 2. The van der Waals surface area contributed by atoms with E-state index in [1.165, 1.54) is 0 Å². The highest BCUT2D eigenvalue weighted by Crippen LogP contribution is 2.32. The third kappa shape index (κ3) is 3.85. The minimum atomic E-state index is -2.37. The van der Waals surface area contributed by atoms with Crippen molar-refractivity contribution in [1.82, 2.24) is 5.32 Å². The Morgan fingerprint density at radius 2 is 2.18 bits per heavy atom. The Morgan fingerprint density at radius 3 is 2.88 bits per heavy atom. The first-order valence-electron chi connectivity index (χ1n) is 5.77. The van der Waals surface area contributed by atoms with Crippen molar-refractivity contribution in [3.05, 3.63) is 24.3 Å². The topological polar surface area (TPSA) is 24.1 Å². The van der Waals surface area contributed by atoms with Gasteiger partial charge in [-0.3, -0.25) is 0 Å². The molecular formula is C12H16F2N2S. The number of hydrogen-bond acceptors (Lipinski definition) is 3. The molecule has 0 radical (unpaired) electrons. The standard InChI is InChI=1S/C12H16F2N2S/c13-12(14)17-11-6-2-1-5-10(11)16-9-4-3-7-15-8-9/h1-2,5-6,9,12,15-16H,3-4,7-8H2. The lowest BCUT2D eigenvalue weighted by Gasteiger charge is -2.25. The second-order valence-corrected chi connectivity index (χ2v) is 5.09. The minimum Gasteiger partial charge on any atom is -0.380 e. The first-order valence-corrected chi connectivity index (χ1v) is 6.65. The van der Waals surface area contributed by atoms with Crippen LogP contribution in [0.2, 0.25) is 0 Å². The van der Waals surface area contributed by atoms with Crippen molar-refractivity contribution in [2.75, 3.05) is 18.4 Å². The highest BCUT2D eigenvalue weighted by Gasteiger charge is 2.15. The van der Waals surface area contributed by atoms with Crippen molar-refractivity contribution < 1.29 is 8.78 Å². The van der Waals surface area contributed by atoms with Gasteiger partial charge in [-0.05, 0) is 31.5 Å². The van der Waals surface area contributed by atoms with Gasteiger partial charge < -0.3 is 10.6 Å². The summed E-state index contributed by atoms with van der Waals surface area (Å²) in [6.45, 7) is 1.94. The first-order chi connectivity index (χ1) is 8.25. The van der Waals surface area contributed by atoms with E-state index < -0.39 is 5.76 Å². The fourth-order valence-electron chi connectivity index (χ4n) is 1.98. The van der Waals surface area contributed by atoms with Gasteiger partial charge in [-0.25, -0.2) is 0 Å². The number of benzene rings is 1. The minimum absolute atomic E-state index is 0.336. The van der Waals surface area contributed by atoms with Gasteiger partial charge in [0.1, 0.15) is 0 Å². The van der Waals surface area contributed by atoms with E-state index >= 15 is 0 Å². The summed E-state index contributed by atoms with van der Waals surface area (Å²) in [6.07, 6.45) is 2.21. The zero-order valence-electron chi connectivity index (χ0n) is 9.46. The number of hydrogen-bond donors (Lipinski definition) is 2. The Kier molecular flexibility index (Phi) is 4.62. The van der Waals surface area contributed by atoms with Crippen LogP contribution in [0.25, 0.3) is 0 Å². The Hall–Kier alpha value is -0.810. The molecule has 1 fully saturated rings. The number of rotatable bonds is 4. The molecule has 17 heavy (non-hydrogen) atoms. The van der Waals surface area contributed by atoms with Gasteiger partial charge in [0.15, 0.2) is 0 Å². The SMILES string of the molecule is FC(F)Sc1ccccc1NC1CCCNC1. The Morgan fingerprint density at radius 1 is 1.35 bits per heavy atom. The molecule has 0 aromatic heterocycles. The number of thioether (sulfide) groups is 1. The second-order valence-electron chi connectivity index (χ2n) is 4.06. The van der Waals surface area contributed by atoms with Crippen LogP contribution in [0.5, 0.6) is 0 Å². The summed E-state index contributed by atoms with van der Waals surface area (Å²) in [5, 5.41) is 6.64. The van der Waals surface area contributed by atoms with Gasteiger partial charge in [-0.1, -0.05) is 23.9 Å². The molecule has 0 aliphatic carbocycles. The van der Waals surface area contributed by atoms with Gasteiger partial charge >= 0.3 is 0 Å². The van der Waals surface area contributed by atoms with Gasteiger partial charge in [0.25, 0.3) is 5.76 Å². The van der Waals surface area contributed by atoms with Crippen LogP contribution in [-0.2, 0) is 0 Å². The van der Waals surface area contributed by atoms with Crippen molar-refractivity contribution in [3.8, 4) is 0 Å². The molecule has 1 aromatic rings. The number of para-hydroxylation sites is 1. The van der Waals surface area contributed by atoms with Crippen LogP contribution in [-0.4, -0.2) is 24.9 Å². The first kappa shape index (κ1) is 12.6. The summed E-state index contributed by atoms with van der Waals surface area (Å²) in [7, 11) is 0. The maximum absolute atomic E-state index is 12.4. The Balaban J connectivity index is 2.03. The number of piperidine rings is 1. The van der Waals surface area contributed by atoms with E-state index in [0.717, 1.165) is 31.6 Å². The van der Waals surface area contributed by atoms with Crippen LogP contribution < -0.4 is 10.6 Å². The molecule has 0 bridgehead atoms. The van der Waals surface area contributed by atoms with Crippen LogP contribution in [0.1, 0.15) is 12.8 Å². The number of nitrogens with one attached hydrogen (secondary N) is 2. The average Bonchev–Trinajstić information content (AvgIpc) is 2.32. The number of alkyl halides is 2. The summed E-state index contributed by atoms with van der Waals surface area (Å²) in [5.74, 6) is -2.37. The fraction of sp³-hybridized carbons (Fsp3) is 0.500. The van der Waals surface area contributed by atoms with E-state index in [-0.39, 0.29) is 0 Å². The van der Waals surface area contributed by atoms with Crippen molar-refractivity contribution in [1.29, 1.82) is 0 Å². The van der Waals surface area contributed by atoms with E-state index in [1.54, 1.807) is 12.1 Å². The quantitative estimate of drug-likeness (QED) is 0.811. The van der Waals surface area contributed by atoms with E-state index in [9.17, 15) is 8.78 Å². The maximum atomic E-state index is 12.4. The summed E-state index contributed by atoms with van der Waals surface area (Å²) in [4.78, 5) is 0.619. The molecule has 1 atom stereocenters. The molecule has 0 spiro atoms. The summed E-state index contributed by atoms with van der Waals surface area (Å²) in [6, 6.07) is 7.58. The van der Waals surface area contributed by atoms with Crippen LogP contribution in [0.15, 0.2) is 29.2 Å². The molecule has 0 saturated carbocycles. The van der Waals surface area contributed by atoms with Crippen molar-refractivity contribution in [2.45, 2.75) is 29.5 Å². The third-order valence-electron chi connectivity index (χ3n) is 2.76. The zero-order valence-corrected chi connectivity index (χ0v) is 10.3. The van der Waals surface area contributed by atoms with Crippen LogP contribution in [0.4, 0.5) is 14.5 Å². The Bertz CT molecular complexity index is 354. The van der Waals surface area contributed by atoms with E-state index in [2.05, 4.69) is 10.6 Å². The molecule has 1 saturated heterocycles. The molecule has 5 heteroatoms. The van der Waals surface area contributed by atoms with Gasteiger partial charge in [-0.2, -0.15) is 8.78 Å². The molecule has 2 rings (SSSR count). The molecule has 1 aliphatic heterocycles. The van der Waals surface area contributed by atoms with Gasteiger partial charge in [0, 0.05) is 23.2 Å². The van der Waals surface area contributed by atoms with Gasteiger partial charge in [-0.15, -0.1) is 0 Å². The monoisotopic (exact) mass is 258 g/mol. The third-order valence-corrected chi connectivity index (χ3v) is 3.55. The molecule has 1 aromatic carbocycles. The molecule has 94 valence electrons. The second kappa shape index (κ2) is 6.21. The predicted molar refractivity (Wildman–Crippen MR) is 67.8 cm³/mol. The molecule has 2 N–H and O–H groups in total. The molecule has 1 aliphatic rings. The summed E-state index contributed by atoms with van der Waals surface area (Å²) < 4.78 is 24.8. The van der Waals surface area contributed by atoms with Crippen molar-refractivity contribution in [2.24, 2.45) is 0 Å². The largest absolute Gasteiger partial charge is 0.380 e. The van der Waals surface area contributed by atoms with Crippen LogP contribution in [0.3, 0.4) is 0 Å². The lowest BCUT2D eigenvalue weighted by molar-refractivity contribution is 0.252. The average molecular weight is 258 g/mol. The van der Waals surface area contributed by atoms with Gasteiger partial charge in [0.05, 0.1) is 0 Å². The summed E-state index contributed by atoms with van der Waals surface area (Å²) >= 11 is 0.597. The normalized spacial score (nSPS) is 20.5. The molecule has 2 nitrogen and oxygen atoms in total. The number of anilines is 1. The lowest BCUT2D eigenvalue weighted by atomic mass is 10.1. The predicted octanol–water partition coefficient (Wildman–Crippen LogP) is 3.17. The van der Waals surface area contributed by atoms with Crippen LogP contribution in [0, 0.1) is 0 Å². The van der Waals surface area contributed by atoms with Crippen molar-refractivity contribution in [3.63, 3.8) is 0 Å². The molecule has 0 amide bonds. The highest BCUT2D eigenvalue weighted by atomic mass is 32.2.